The van der Waals surface area contributed by atoms with E-state index < -0.39 is 5.82 Å². The van der Waals surface area contributed by atoms with Crippen LogP contribution < -0.4 is 0 Å². The fourth-order valence-electron chi connectivity index (χ4n) is 1.76. The molecule has 0 radical (unpaired) electrons. The van der Waals surface area contributed by atoms with Gasteiger partial charge in [-0.05, 0) is 23.8 Å². The number of hydrogen-bond acceptors (Lipinski definition) is 1. The van der Waals surface area contributed by atoms with Crippen LogP contribution in [0.5, 0.6) is 0 Å². The molecule has 0 N–H and O–H groups in total. The Hall–Kier alpha value is -1.61. The van der Waals surface area contributed by atoms with Crippen molar-refractivity contribution in [2.24, 2.45) is 0 Å². The van der Waals surface area contributed by atoms with Gasteiger partial charge in [0.05, 0.1) is 5.02 Å². The highest BCUT2D eigenvalue weighted by molar-refractivity contribution is 6.30. The number of carbonyl (C=O) groups is 1. The summed E-state index contributed by atoms with van der Waals surface area (Å²) in [6, 6.07) is 6.41. The number of carbonyl (C=O) groups excluding carboxylic acids is 1. The van der Waals surface area contributed by atoms with Gasteiger partial charge in [-0.25, -0.2) is 4.39 Å². The highest BCUT2D eigenvalue weighted by Crippen LogP contribution is 2.17. The summed E-state index contributed by atoms with van der Waals surface area (Å²) in [7, 11) is 0. The molecule has 4 heteroatoms. The highest BCUT2D eigenvalue weighted by atomic mass is 35.5. The minimum absolute atomic E-state index is 0.115. The number of aromatic nitrogens is 1. The van der Waals surface area contributed by atoms with Crippen molar-refractivity contribution in [1.29, 1.82) is 0 Å². The van der Waals surface area contributed by atoms with Gasteiger partial charge in [-0.2, -0.15) is 0 Å². The van der Waals surface area contributed by atoms with E-state index in [0.29, 0.717) is 18.5 Å². The van der Waals surface area contributed by atoms with Crippen LogP contribution in [0.3, 0.4) is 0 Å². The third-order valence-electron chi connectivity index (χ3n) is 2.74. The van der Waals surface area contributed by atoms with Crippen molar-refractivity contribution in [3.63, 3.8) is 0 Å². The molecular formula is C14H13ClFNO. The van der Waals surface area contributed by atoms with Gasteiger partial charge in [0.25, 0.3) is 0 Å². The van der Waals surface area contributed by atoms with Gasteiger partial charge in [-0.1, -0.05) is 24.6 Å². The SMILES string of the molecule is CCC(=O)c1ccn(Cc2ccc(F)c(Cl)c2)c1. The monoisotopic (exact) mass is 265 g/mol. The Morgan fingerprint density at radius 1 is 1.39 bits per heavy atom. The minimum Gasteiger partial charge on any atom is -0.349 e. The third kappa shape index (κ3) is 2.79. The average Bonchev–Trinajstić information content (AvgIpc) is 2.81. The Morgan fingerprint density at radius 3 is 2.83 bits per heavy atom. The van der Waals surface area contributed by atoms with E-state index in [0.717, 1.165) is 5.56 Å². The van der Waals surface area contributed by atoms with Crippen molar-refractivity contribution in [2.45, 2.75) is 19.9 Å². The van der Waals surface area contributed by atoms with E-state index in [-0.39, 0.29) is 10.8 Å². The highest BCUT2D eigenvalue weighted by Gasteiger charge is 2.06. The second-order valence-corrected chi connectivity index (χ2v) is 4.50. The topological polar surface area (TPSA) is 22.0 Å². The molecule has 0 aliphatic rings. The van der Waals surface area contributed by atoms with Crippen LogP contribution in [0.1, 0.15) is 29.3 Å². The smallest absolute Gasteiger partial charge is 0.164 e. The number of halogens is 2. The fraction of sp³-hybridized carbons (Fsp3) is 0.214. The summed E-state index contributed by atoms with van der Waals surface area (Å²) in [5, 5.41) is 0.115. The first-order valence-electron chi connectivity index (χ1n) is 5.73. The second-order valence-electron chi connectivity index (χ2n) is 4.10. The van der Waals surface area contributed by atoms with Crippen LogP contribution >= 0.6 is 11.6 Å². The van der Waals surface area contributed by atoms with Gasteiger partial charge in [0.2, 0.25) is 0 Å². The van der Waals surface area contributed by atoms with E-state index in [1.807, 2.05) is 17.7 Å². The van der Waals surface area contributed by atoms with Crippen LogP contribution in [0, 0.1) is 5.82 Å². The van der Waals surface area contributed by atoms with E-state index in [1.165, 1.54) is 6.07 Å². The number of benzene rings is 1. The Kier molecular flexibility index (Phi) is 3.82. The molecule has 94 valence electrons. The molecule has 1 heterocycles. The van der Waals surface area contributed by atoms with E-state index in [2.05, 4.69) is 0 Å². The maximum absolute atomic E-state index is 13.0. The number of Topliss-reactive ketones (excluding diaryl/α,β-unsaturated/α-hetero) is 1. The molecule has 2 nitrogen and oxygen atoms in total. The molecule has 0 amide bonds. The van der Waals surface area contributed by atoms with E-state index in [1.54, 1.807) is 24.4 Å². The lowest BCUT2D eigenvalue weighted by molar-refractivity contribution is 0.0988. The summed E-state index contributed by atoms with van der Waals surface area (Å²) in [5.41, 5.74) is 1.60. The van der Waals surface area contributed by atoms with Gasteiger partial charge in [-0.15, -0.1) is 0 Å². The second kappa shape index (κ2) is 5.36. The lowest BCUT2D eigenvalue weighted by Gasteiger charge is -2.04. The Morgan fingerprint density at radius 2 is 2.17 bits per heavy atom. The van der Waals surface area contributed by atoms with Crippen LogP contribution in [0.4, 0.5) is 4.39 Å². The molecule has 2 aromatic rings. The molecule has 1 aromatic carbocycles. The Labute approximate surface area is 110 Å². The summed E-state index contributed by atoms with van der Waals surface area (Å²) >= 11 is 5.72. The first-order chi connectivity index (χ1) is 8.60. The molecule has 0 unspecified atom stereocenters. The molecular weight excluding hydrogens is 253 g/mol. The maximum atomic E-state index is 13.0. The van der Waals surface area contributed by atoms with Gasteiger partial charge in [0.15, 0.2) is 5.78 Å². The summed E-state index contributed by atoms with van der Waals surface area (Å²) in [5.74, 6) is -0.305. The van der Waals surface area contributed by atoms with Crippen LogP contribution in [0.25, 0.3) is 0 Å². The predicted molar refractivity (Wildman–Crippen MR) is 69.6 cm³/mol. The van der Waals surface area contributed by atoms with Crippen molar-refractivity contribution in [1.82, 2.24) is 4.57 Å². The van der Waals surface area contributed by atoms with Crippen molar-refractivity contribution in [3.05, 3.63) is 58.6 Å². The van der Waals surface area contributed by atoms with Crippen LogP contribution in [-0.4, -0.2) is 10.4 Å². The number of nitrogens with zero attached hydrogens (tertiary/aromatic N) is 1. The van der Waals surface area contributed by atoms with E-state index in [4.69, 9.17) is 11.6 Å². The molecule has 0 atom stereocenters. The standard InChI is InChI=1S/C14H13ClFNO/c1-2-14(18)11-5-6-17(9-11)8-10-3-4-13(16)12(15)7-10/h3-7,9H,2,8H2,1H3. The quantitative estimate of drug-likeness (QED) is 0.768. The van der Waals surface area contributed by atoms with E-state index >= 15 is 0 Å². The number of hydrogen-bond donors (Lipinski definition) is 0. The Bertz CT molecular complexity index is 577. The fourth-order valence-corrected chi connectivity index (χ4v) is 1.96. The largest absolute Gasteiger partial charge is 0.349 e. The average molecular weight is 266 g/mol. The van der Waals surface area contributed by atoms with Gasteiger partial charge in [-0.3, -0.25) is 4.79 Å². The van der Waals surface area contributed by atoms with Crippen molar-refractivity contribution >= 4 is 17.4 Å². The molecule has 0 saturated carbocycles. The lowest BCUT2D eigenvalue weighted by atomic mass is 10.2. The molecule has 0 fully saturated rings. The molecule has 0 spiro atoms. The zero-order valence-electron chi connectivity index (χ0n) is 9.99. The number of ketones is 1. The molecule has 0 aliphatic heterocycles. The van der Waals surface area contributed by atoms with Crippen LogP contribution in [0.2, 0.25) is 5.02 Å². The zero-order chi connectivity index (χ0) is 13.1. The Balaban J connectivity index is 2.16. The maximum Gasteiger partial charge on any atom is 0.164 e. The van der Waals surface area contributed by atoms with Crippen molar-refractivity contribution in [3.8, 4) is 0 Å². The molecule has 0 bridgehead atoms. The van der Waals surface area contributed by atoms with Gasteiger partial charge in [0, 0.05) is 30.9 Å². The van der Waals surface area contributed by atoms with Crippen molar-refractivity contribution < 1.29 is 9.18 Å². The van der Waals surface area contributed by atoms with Crippen LogP contribution in [0.15, 0.2) is 36.7 Å². The summed E-state index contributed by atoms with van der Waals surface area (Å²) in [4.78, 5) is 11.5. The molecule has 1 aromatic heterocycles. The third-order valence-corrected chi connectivity index (χ3v) is 3.03. The van der Waals surface area contributed by atoms with Crippen molar-refractivity contribution in [2.75, 3.05) is 0 Å². The van der Waals surface area contributed by atoms with Gasteiger partial charge < -0.3 is 4.57 Å². The van der Waals surface area contributed by atoms with Crippen LogP contribution in [-0.2, 0) is 6.54 Å². The first kappa shape index (κ1) is 12.8. The molecule has 2 rings (SSSR count). The summed E-state index contributed by atoms with van der Waals surface area (Å²) in [6.45, 7) is 2.40. The van der Waals surface area contributed by atoms with Gasteiger partial charge in [0.1, 0.15) is 5.82 Å². The van der Waals surface area contributed by atoms with E-state index in [9.17, 15) is 9.18 Å². The lowest BCUT2D eigenvalue weighted by Crippen LogP contribution is -1.98. The zero-order valence-corrected chi connectivity index (χ0v) is 10.7. The molecule has 0 saturated heterocycles. The summed E-state index contributed by atoms with van der Waals surface area (Å²) in [6.07, 6.45) is 4.12. The molecule has 18 heavy (non-hydrogen) atoms. The minimum atomic E-state index is -0.422. The molecule has 0 aliphatic carbocycles. The predicted octanol–water partition coefficient (Wildman–Crippen LogP) is 3.92. The first-order valence-corrected chi connectivity index (χ1v) is 6.11. The summed E-state index contributed by atoms with van der Waals surface area (Å²) < 4.78 is 14.9. The van der Waals surface area contributed by atoms with Gasteiger partial charge >= 0.3 is 0 Å². The number of rotatable bonds is 4. The normalized spacial score (nSPS) is 10.6.